The molecule has 1 saturated heterocycles. The standard InChI is InChI=1S/C13H15Cl2F3N2.ClH/c14-9-1-2-11(15)10(7-9)12(8-13(16,17)18)20-5-3-19-4-6-20;/h1-2,7,12,19H,3-6,8H2;1H/t12-;/m0./s1. The van der Waals surface area contributed by atoms with Gasteiger partial charge in [-0.2, -0.15) is 13.2 Å². The Hall–Kier alpha value is -0.200. The molecule has 1 aliphatic heterocycles. The first kappa shape index (κ1) is 18.8. The highest BCUT2D eigenvalue weighted by atomic mass is 35.5. The quantitative estimate of drug-likeness (QED) is 0.860. The summed E-state index contributed by atoms with van der Waals surface area (Å²) in [7, 11) is 0. The Bertz CT molecular complexity index is 462. The van der Waals surface area contributed by atoms with Crippen LogP contribution in [0.5, 0.6) is 0 Å². The summed E-state index contributed by atoms with van der Waals surface area (Å²) in [5.41, 5.74) is 0.443. The van der Waals surface area contributed by atoms with Crippen molar-refractivity contribution < 1.29 is 13.2 Å². The van der Waals surface area contributed by atoms with Crippen LogP contribution in [0.4, 0.5) is 13.2 Å². The number of nitrogens with zero attached hydrogens (tertiary/aromatic N) is 1. The summed E-state index contributed by atoms with van der Waals surface area (Å²) in [6.45, 7) is 2.46. The molecule has 0 aliphatic carbocycles. The van der Waals surface area contributed by atoms with Crippen LogP contribution < -0.4 is 5.32 Å². The normalized spacial score (nSPS) is 18.1. The van der Waals surface area contributed by atoms with Gasteiger partial charge in [-0.3, -0.25) is 4.90 Å². The summed E-state index contributed by atoms with van der Waals surface area (Å²) in [4.78, 5) is 1.81. The van der Waals surface area contributed by atoms with Gasteiger partial charge in [0.25, 0.3) is 0 Å². The van der Waals surface area contributed by atoms with Crippen molar-refractivity contribution in [1.29, 1.82) is 0 Å². The molecule has 1 fully saturated rings. The van der Waals surface area contributed by atoms with E-state index >= 15 is 0 Å². The van der Waals surface area contributed by atoms with Crippen LogP contribution >= 0.6 is 35.6 Å². The highest BCUT2D eigenvalue weighted by Gasteiger charge is 2.36. The van der Waals surface area contributed by atoms with Crippen molar-refractivity contribution in [3.05, 3.63) is 33.8 Å². The Morgan fingerprint density at radius 1 is 1.19 bits per heavy atom. The van der Waals surface area contributed by atoms with E-state index in [1.165, 1.54) is 6.07 Å². The molecule has 0 spiro atoms. The summed E-state index contributed by atoms with van der Waals surface area (Å²) in [5.74, 6) is 0. The Morgan fingerprint density at radius 2 is 1.81 bits per heavy atom. The number of hydrogen-bond donors (Lipinski definition) is 1. The van der Waals surface area contributed by atoms with Crippen LogP contribution in [0.3, 0.4) is 0 Å². The molecule has 1 heterocycles. The molecular weight excluding hydrogens is 348 g/mol. The van der Waals surface area contributed by atoms with Crippen molar-refractivity contribution in [1.82, 2.24) is 10.2 Å². The molecule has 1 aromatic carbocycles. The molecule has 0 saturated carbocycles. The SMILES string of the molecule is Cl.FC(F)(F)C[C@@H](c1cc(Cl)ccc1Cl)N1CCNCC1. The highest BCUT2D eigenvalue weighted by molar-refractivity contribution is 6.33. The highest BCUT2D eigenvalue weighted by Crippen LogP contribution is 2.38. The van der Waals surface area contributed by atoms with Gasteiger partial charge >= 0.3 is 6.18 Å². The van der Waals surface area contributed by atoms with E-state index in [4.69, 9.17) is 23.2 Å². The van der Waals surface area contributed by atoms with E-state index in [0.29, 0.717) is 41.8 Å². The van der Waals surface area contributed by atoms with E-state index in [-0.39, 0.29) is 12.4 Å². The average molecular weight is 364 g/mol. The second-order valence-corrected chi connectivity index (χ2v) is 5.63. The van der Waals surface area contributed by atoms with Gasteiger partial charge in [0.1, 0.15) is 0 Å². The van der Waals surface area contributed by atoms with Crippen LogP contribution in [0.1, 0.15) is 18.0 Å². The van der Waals surface area contributed by atoms with Gasteiger partial charge in [-0.25, -0.2) is 0 Å². The molecule has 1 N–H and O–H groups in total. The molecule has 0 unspecified atom stereocenters. The maximum Gasteiger partial charge on any atom is 0.390 e. The van der Waals surface area contributed by atoms with Crippen LogP contribution in [0.2, 0.25) is 10.0 Å². The average Bonchev–Trinajstić information content (AvgIpc) is 2.39. The van der Waals surface area contributed by atoms with Crippen LogP contribution in [-0.2, 0) is 0 Å². The second-order valence-electron chi connectivity index (χ2n) is 4.79. The van der Waals surface area contributed by atoms with E-state index in [1.807, 2.05) is 4.90 Å². The predicted octanol–water partition coefficient (Wildman–Crippen LogP) is 4.31. The summed E-state index contributed by atoms with van der Waals surface area (Å²) < 4.78 is 38.6. The van der Waals surface area contributed by atoms with Crippen LogP contribution in [0, 0.1) is 0 Å². The summed E-state index contributed by atoms with van der Waals surface area (Å²) in [6.07, 6.45) is -5.17. The zero-order valence-electron chi connectivity index (χ0n) is 11.1. The molecule has 0 amide bonds. The number of piperazine rings is 1. The lowest BCUT2D eigenvalue weighted by atomic mass is 10.0. The van der Waals surface area contributed by atoms with Gasteiger partial charge in [0.15, 0.2) is 0 Å². The Kier molecular flexibility index (Phi) is 7.07. The smallest absolute Gasteiger partial charge is 0.314 e. The maximum absolute atomic E-state index is 12.9. The first-order chi connectivity index (χ1) is 9.37. The van der Waals surface area contributed by atoms with Gasteiger partial charge in [0.05, 0.1) is 6.42 Å². The molecule has 0 aromatic heterocycles. The van der Waals surface area contributed by atoms with Crippen LogP contribution in [0.15, 0.2) is 18.2 Å². The van der Waals surface area contributed by atoms with Gasteiger partial charge in [0, 0.05) is 42.3 Å². The fourth-order valence-corrected chi connectivity index (χ4v) is 2.84. The van der Waals surface area contributed by atoms with E-state index < -0.39 is 18.6 Å². The molecule has 1 aliphatic rings. The lowest BCUT2D eigenvalue weighted by Crippen LogP contribution is -2.46. The molecule has 120 valence electrons. The minimum absolute atomic E-state index is 0. The maximum atomic E-state index is 12.9. The fraction of sp³-hybridized carbons (Fsp3) is 0.538. The van der Waals surface area contributed by atoms with Gasteiger partial charge in [-0.05, 0) is 23.8 Å². The largest absolute Gasteiger partial charge is 0.390 e. The van der Waals surface area contributed by atoms with Crippen molar-refractivity contribution in [3.8, 4) is 0 Å². The van der Waals surface area contributed by atoms with Gasteiger partial charge < -0.3 is 5.32 Å². The first-order valence-electron chi connectivity index (χ1n) is 6.33. The Morgan fingerprint density at radius 3 is 2.38 bits per heavy atom. The molecule has 2 rings (SSSR count). The van der Waals surface area contributed by atoms with Crippen LogP contribution in [-0.4, -0.2) is 37.3 Å². The first-order valence-corrected chi connectivity index (χ1v) is 7.09. The Balaban J connectivity index is 0.00000220. The summed E-state index contributed by atoms with van der Waals surface area (Å²) in [5, 5.41) is 3.84. The topological polar surface area (TPSA) is 15.3 Å². The summed E-state index contributed by atoms with van der Waals surface area (Å²) >= 11 is 12.0. The number of hydrogen-bond acceptors (Lipinski definition) is 2. The molecule has 21 heavy (non-hydrogen) atoms. The zero-order chi connectivity index (χ0) is 14.8. The molecular formula is C13H16Cl3F3N2. The minimum atomic E-state index is -4.25. The predicted molar refractivity (Wildman–Crippen MR) is 81.6 cm³/mol. The lowest BCUT2D eigenvalue weighted by Gasteiger charge is -2.36. The van der Waals surface area contributed by atoms with Crippen molar-refractivity contribution >= 4 is 35.6 Å². The molecule has 0 radical (unpaired) electrons. The third kappa shape index (κ3) is 5.49. The molecule has 1 atom stereocenters. The van der Waals surface area contributed by atoms with E-state index in [2.05, 4.69) is 5.32 Å². The number of alkyl halides is 3. The van der Waals surface area contributed by atoms with Gasteiger partial charge in [-0.15, -0.1) is 12.4 Å². The Labute approximate surface area is 138 Å². The minimum Gasteiger partial charge on any atom is -0.314 e. The van der Waals surface area contributed by atoms with Gasteiger partial charge in [0.2, 0.25) is 0 Å². The fourth-order valence-electron chi connectivity index (χ4n) is 2.42. The number of rotatable bonds is 3. The molecule has 1 aromatic rings. The van der Waals surface area contributed by atoms with Crippen molar-refractivity contribution in [3.63, 3.8) is 0 Å². The van der Waals surface area contributed by atoms with Crippen molar-refractivity contribution in [2.24, 2.45) is 0 Å². The number of halogens is 6. The van der Waals surface area contributed by atoms with E-state index in [9.17, 15) is 13.2 Å². The summed E-state index contributed by atoms with van der Waals surface area (Å²) in [6, 6.07) is 3.87. The zero-order valence-corrected chi connectivity index (χ0v) is 13.4. The van der Waals surface area contributed by atoms with E-state index in [0.717, 1.165) is 0 Å². The molecule has 8 heteroatoms. The number of nitrogens with one attached hydrogen (secondary N) is 1. The monoisotopic (exact) mass is 362 g/mol. The molecule has 2 nitrogen and oxygen atoms in total. The van der Waals surface area contributed by atoms with Crippen LogP contribution in [0.25, 0.3) is 0 Å². The number of benzene rings is 1. The van der Waals surface area contributed by atoms with Crippen molar-refractivity contribution in [2.45, 2.75) is 18.6 Å². The van der Waals surface area contributed by atoms with Crippen molar-refractivity contribution in [2.75, 3.05) is 26.2 Å². The second kappa shape index (κ2) is 7.88. The third-order valence-corrected chi connectivity index (χ3v) is 3.91. The van der Waals surface area contributed by atoms with E-state index in [1.54, 1.807) is 12.1 Å². The lowest BCUT2D eigenvalue weighted by molar-refractivity contribution is -0.148. The van der Waals surface area contributed by atoms with Gasteiger partial charge in [-0.1, -0.05) is 23.2 Å². The molecule has 0 bridgehead atoms. The third-order valence-electron chi connectivity index (χ3n) is 3.33.